The second kappa shape index (κ2) is 11.7. The molecule has 0 fully saturated rings. The summed E-state index contributed by atoms with van der Waals surface area (Å²) >= 11 is 0. The van der Waals surface area contributed by atoms with Crippen LogP contribution in [0.25, 0.3) is 11.5 Å². The molecule has 3 rings (SSSR count). The molecule has 0 amide bonds. The minimum atomic E-state index is -4.16. The van der Waals surface area contributed by atoms with Gasteiger partial charge in [-0.1, -0.05) is 13.8 Å². The van der Waals surface area contributed by atoms with E-state index in [1.165, 1.54) is 40.6 Å². The Morgan fingerprint density at radius 1 is 0.973 bits per heavy atom. The summed E-state index contributed by atoms with van der Waals surface area (Å²) in [6.07, 6.45) is 0. The molecule has 0 saturated heterocycles. The monoisotopic (exact) mass is 532 g/mol. The Morgan fingerprint density at radius 2 is 1.62 bits per heavy atom. The SMILES string of the molecule is COC(=O)[C@@H](C(C)C)N(Cc1nc(-c2ccc(OC)c(OC)c2)oc1C)S(=O)(=O)c1ccc(OC)cc1. The molecular formula is C26H32N2O8S. The van der Waals surface area contributed by atoms with Crippen molar-refractivity contribution in [3.63, 3.8) is 0 Å². The van der Waals surface area contributed by atoms with Crippen LogP contribution in [0.1, 0.15) is 25.3 Å². The van der Waals surface area contributed by atoms with E-state index in [1.54, 1.807) is 51.1 Å². The van der Waals surface area contributed by atoms with Crippen LogP contribution >= 0.6 is 0 Å². The lowest BCUT2D eigenvalue weighted by molar-refractivity contribution is -0.146. The van der Waals surface area contributed by atoms with E-state index in [2.05, 4.69) is 4.98 Å². The van der Waals surface area contributed by atoms with Crippen LogP contribution < -0.4 is 14.2 Å². The Hall–Kier alpha value is -3.57. The van der Waals surface area contributed by atoms with Crippen LogP contribution in [0.5, 0.6) is 17.2 Å². The molecule has 0 spiro atoms. The molecule has 10 nitrogen and oxygen atoms in total. The summed E-state index contributed by atoms with van der Waals surface area (Å²) < 4.78 is 55.4. The van der Waals surface area contributed by atoms with Crippen LogP contribution in [0.15, 0.2) is 51.8 Å². The fourth-order valence-electron chi connectivity index (χ4n) is 3.87. The summed E-state index contributed by atoms with van der Waals surface area (Å²) in [7, 11) is 1.62. The lowest BCUT2D eigenvalue weighted by atomic mass is 10.0. The number of carbonyl (C=O) groups is 1. The average molecular weight is 533 g/mol. The number of hydrogen-bond acceptors (Lipinski definition) is 9. The Kier molecular flexibility index (Phi) is 8.82. The van der Waals surface area contributed by atoms with Gasteiger partial charge in [0, 0.05) is 5.56 Å². The summed E-state index contributed by atoms with van der Waals surface area (Å²) in [5.74, 6) is 1.16. The predicted molar refractivity (Wildman–Crippen MR) is 136 cm³/mol. The number of aryl methyl sites for hydroxylation is 1. The highest BCUT2D eigenvalue weighted by Gasteiger charge is 2.39. The Morgan fingerprint density at radius 3 is 2.16 bits per heavy atom. The molecule has 2 aromatic carbocycles. The van der Waals surface area contributed by atoms with Gasteiger partial charge in [0.05, 0.1) is 45.6 Å². The first-order chi connectivity index (χ1) is 17.6. The highest BCUT2D eigenvalue weighted by atomic mass is 32.2. The first-order valence-electron chi connectivity index (χ1n) is 11.5. The van der Waals surface area contributed by atoms with E-state index in [9.17, 15) is 13.2 Å². The van der Waals surface area contributed by atoms with E-state index in [0.717, 1.165) is 4.31 Å². The van der Waals surface area contributed by atoms with Crippen molar-refractivity contribution in [2.45, 2.75) is 38.3 Å². The first-order valence-corrected chi connectivity index (χ1v) is 12.9. The second-order valence-corrected chi connectivity index (χ2v) is 10.4. The van der Waals surface area contributed by atoms with Gasteiger partial charge in [-0.05, 0) is 55.3 Å². The molecule has 1 heterocycles. The number of hydrogen-bond donors (Lipinski definition) is 0. The van der Waals surface area contributed by atoms with Crippen molar-refractivity contribution in [3.8, 4) is 28.7 Å². The molecule has 0 bridgehead atoms. The van der Waals surface area contributed by atoms with Gasteiger partial charge in [-0.15, -0.1) is 0 Å². The molecule has 0 saturated carbocycles. The van der Waals surface area contributed by atoms with E-state index < -0.39 is 28.0 Å². The highest BCUT2D eigenvalue weighted by Crippen LogP contribution is 2.34. The molecule has 0 unspecified atom stereocenters. The van der Waals surface area contributed by atoms with Crippen LogP contribution in [0.2, 0.25) is 0 Å². The number of aromatic nitrogens is 1. The number of nitrogens with zero attached hydrogens (tertiary/aromatic N) is 2. The van der Waals surface area contributed by atoms with Crippen molar-refractivity contribution in [2.24, 2.45) is 5.92 Å². The number of methoxy groups -OCH3 is 4. The average Bonchev–Trinajstić information content (AvgIpc) is 3.27. The van der Waals surface area contributed by atoms with Crippen LogP contribution in [0.4, 0.5) is 0 Å². The smallest absolute Gasteiger partial charge is 0.324 e. The molecule has 0 aliphatic carbocycles. The topological polar surface area (TPSA) is 117 Å². The molecule has 1 aromatic heterocycles. The van der Waals surface area contributed by atoms with Crippen LogP contribution in [-0.4, -0.2) is 58.2 Å². The Balaban J connectivity index is 2.08. The summed E-state index contributed by atoms with van der Waals surface area (Å²) in [6, 6.07) is 10.0. The molecule has 0 radical (unpaired) electrons. The van der Waals surface area contributed by atoms with E-state index in [0.29, 0.717) is 34.3 Å². The predicted octanol–water partition coefficient (Wildman–Crippen LogP) is 4.06. The number of ether oxygens (including phenoxy) is 4. The number of rotatable bonds is 11. The largest absolute Gasteiger partial charge is 0.497 e. The third-order valence-electron chi connectivity index (χ3n) is 5.88. The van der Waals surface area contributed by atoms with Gasteiger partial charge in [-0.3, -0.25) is 4.79 Å². The van der Waals surface area contributed by atoms with Crippen molar-refractivity contribution in [2.75, 3.05) is 28.4 Å². The second-order valence-electron chi connectivity index (χ2n) is 8.53. The summed E-state index contributed by atoms with van der Waals surface area (Å²) in [6.45, 7) is 4.98. The van der Waals surface area contributed by atoms with Crippen LogP contribution in [0, 0.1) is 12.8 Å². The maximum atomic E-state index is 13.8. The molecule has 0 aliphatic heterocycles. The summed E-state index contributed by atoms with van der Waals surface area (Å²) in [5.41, 5.74) is 0.973. The number of sulfonamides is 1. The van der Waals surface area contributed by atoms with Crippen LogP contribution in [0.3, 0.4) is 0 Å². The van der Waals surface area contributed by atoms with Crippen molar-refractivity contribution in [1.29, 1.82) is 0 Å². The lowest BCUT2D eigenvalue weighted by Gasteiger charge is -2.31. The molecule has 3 aromatic rings. The molecule has 37 heavy (non-hydrogen) atoms. The number of oxazole rings is 1. The van der Waals surface area contributed by atoms with Crippen molar-refractivity contribution in [3.05, 3.63) is 53.9 Å². The van der Waals surface area contributed by atoms with Gasteiger partial charge in [0.2, 0.25) is 15.9 Å². The number of esters is 1. The Bertz CT molecular complexity index is 1330. The van der Waals surface area contributed by atoms with Crippen molar-refractivity contribution >= 4 is 16.0 Å². The van der Waals surface area contributed by atoms with Gasteiger partial charge in [0.15, 0.2) is 11.5 Å². The number of carbonyl (C=O) groups excluding carboxylic acids is 1. The van der Waals surface area contributed by atoms with E-state index in [1.807, 2.05) is 0 Å². The zero-order valence-corrected chi connectivity index (χ0v) is 22.8. The molecule has 200 valence electrons. The molecule has 11 heteroatoms. The van der Waals surface area contributed by atoms with Gasteiger partial charge < -0.3 is 23.4 Å². The van der Waals surface area contributed by atoms with E-state index >= 15 is 0 Å². The fraction of sp³-hybridized carbons (Fsp3) is 0.385. The summed E-state index contributed by atoms with van der Waals surface area (Å²) in [4.78, 5) is 17.4. The van der Waals surface area contributed by atoms with E-state index in [-0.39, 0.29) is 17.3 Å². The first kappa shape index (κ1) is 28.0. The standard InChI is InChI=1S/C26H32N2O8S/c1-16(2)24(26(29)35-7)28(37(30,31)20-11-9-19(32-4)10-12-20)15-21-17(3)36-25(27-21)18-8-13-22(33-5)23(14-18)34-6/h8-14,16,24H,15H2,1-7H3/t24-/m1/s1. The maximum Gasteiger partial charge on any atom is 0.324 e. The minimum absolute atomic E-state index is 0.00381. The Labute approximate surface area is 217 Å². The zero-order chi connectivity index (χ0) is 27.3. The molecule has 0 N–H and O–H groups in total. The van der Waals surface area contributed by atoms with Crippen LogP contribution in [-0.2, 0) is 26.1 Å². The third-order valence-corrected chi connectivity index (χ3v) is 7.72. The van der Waals surface area contributed by atoms with Crippen molar-refractivity contribution in [1.82, 2.24) is 9.29 Å². The fourth-order valence-corrected chi connectivity index (χ4v) is 5.55. The van der Waals surface area contributed by atoms with Gasteiger partial charge in [0.25, 0.3) is 0 Å². The summed E-state index contributed by atoms with van der Waals surface area (Å²) in [5, 5.41) is 0. The van der Waals surface area contributed by atoms with Gasteiger partial charge in [0.1, 0.15) is 17.6 Å². The highest BCUT2D eigenvalue weighted by molar-refractivity contribution is 7.89. The van der Waals surface area contributed by atoms with E-state index in [4.69, 9.17) is 23.4 Å². The third kappa shape index (κ3) is 5.89. The normalized spacial score (nSPS) is 12.5. The van der Waals surface area contributed by atoms with Gasteiger partial charge >= 0.3 is 5.97 Å². The van der Waals surface area contributed by atoms with Crippen molar-refractivity contribution < 1.29 is 36.6 Å². The van der Waals surface area contributed by atoms with Gasteiger partial charge in [-0.25, -0.2) is 13.4 Å². The lowest BCUT2D eigenvalue weighted by Crippen LogP contribution is -2.48. The quantitative estimate of drug-likeness (QED) is 0.337. The maximum absolute atomic E-state index is 13.8. The van der Waals surface area contributed by atoms with Gasteiger partial charge in [-0.2, -0.15) is 4.31 Å². The number of benzene rings is 2. The minimum Gasteiger partial charge on any atom is -0.497 e. The molecule has 0 aliphatic rings. The zero-order valence-electron chi connectivity index (χ0n) is 22.0. The molecular weight excluding hydrogens is 500 g/mol. The molecule has 1 atom stereocenters.